The Labute approximate surface area is 136 Å². The highest BCUT2D eigenvalue weighted by Gasteiger charge is 2.24. The molecule has 1 amide bonds. The Morgan fingerprint density at radius 2 is 2.00 bits per heavy atom. The number of pyridine rings is 1. The summed E-state index contributed by atoms with van der Waals surface area (Å²) in [6.45, 7) is 6.66. The molecule has 6 nitrogen and oxygen atoms in total. The first-order valence-corrected chi connectivity index (χ1v) is 7.52. The monoisotopic (exact) mass is 318 g/mol. The van der Waals surface area contributed by atoms with Crippen LogP contribution in [-0.4, -0.2) is 47.7 Å². The standard InChI is InChI=1S/C17H22N2O4/c1-17(2,3)23-16(21)19-9-7-12(8-10-19)13-5-6-14(18-11-13)15(20)22-4/h5-7,11H,8-10H2,1-4H3. The van der Waals surface area contributed by atoms with Crippen LogP contribution in [0.1, 0.15) is 43.2 Å². The normalized spacial score (nSPS) is 15.0. The molecule has 2 rings (SSSR count). The minimum atomic E-state index is -0.491. The Kier molecular flexibility index (Phi) is 5.03. The van der Waals surface area contributed by atoms with Gasteiger partial charge < -0.3 is 14.4 Å². The van der Waals surface area contributed by atoms with Gasteiger partial charge in [-0.1, -0.05) is 12.1 Å². The van der Waals surface area contributed by atoms with Crippen LogP contribution in [0.2, 0.25) is 0 Å². The molecule has 23 heavy (non-hydrogen) atoms. The molecule has 124 valence electrons. The molecular weight excluding hydrogens is 296 g/mol. The Bertz CT molecular complexity index is 614. The lowest BCUT2D eigenvalue weighted by atomic mass is 10.0. The molecule has 1 aliphatic rings. The molecular formula is C17H22N2O4. The third kappa shape index (κ3) is 4.55. The van der Waals surface area contributed by atoms with Crippen molar-refractivity contribution in [3.05, 3.63) is 35.7 Å². The van der Waals surface area contributed by atoms with Gasteiger partial charge in [0.05, 0.1) is 7.11 Å². The summed E-state index contributed by atoms with van der Waals surface area (Å²) in [5.74, 6) is -0.453. The Morgan fingerprint density at radius 1 is 1.26 bits per heavy atom. The number of ether oxygens (including phenoxy) is 2. The van der Waals surface area contributed by atoms with Crippen LogP contribution < -0.4 is 0 Å². The molecule has 0 saturated carbocycles. The van der Waals surface area contributed by atoms with Crippen LogP contribution in [0.25, 0.3) is 5.57 Å². The smallest absolute Gasteiger partial charge is 0.410 e. The molecule has 0 atom stereocenters. The molecule has 6 heteroatoms. The van der Waals surface area contributed by atoms with Crippen molar-refractivity contribution in [2.75, 3.05) is 20.2 Å². The number of hydrogen-bond donors (Lipinski definition) is 0. The first kappa shape index (κ1) is 17.0. The zero-order valence-corrected chi connectivity index (χ0v) is 14.0. The van der Waals surface area contributed by atoms with Gasteiger partial charge in [0.25, 0.3) is 0 Å². The molecule has 0 radical (unpaired) electrons. The zero-order valence-electron chi connectivity index (χ0n) is 14.0. The van der Waals surface area contributed by atoms with Gasteiger partial charge in [-0.2, -0.15) is 0 Å². The van der Waals surface area contributed by atoms with Crippen LogP contribution >= 0.6 is 0 Å². The van der Waals surface area contributed by atoms with Gasteiger partial charge in [0.2, 0.25) is 0 Å². The largest absolute Gasteiger partial charge is 0.464 e. The molecule has 1 aromatic rings. The molecule has 0 unspecified atom stereocenters. The number of carbonyl (C=O) groups excluding carboxylic acids is 2. The molecule has 1 aliphatic heterocycles. The van der Waals surface area contributed by atoms with Crippen LogP contribution in [0.4, 0.5) is 4.79 Å². The van der Waals surface area contributed by atoms with E-state index < -0.39 is 11.6 Å². The average Bonchev–Trinajstić information content (AvgIpc) is 2.53. The second-order valence-corrected chi connectivity index (χ2v) is 6.33. The number of aromatic nitrogens is 1. The summed E-state index contributed by atoms with van der Waals surface area (Å²) in [5.41, 5.74) is 1.84. The van der Waals surface area contributed by atoms with E-state index in [1.165, 1.54) is 7.11 Å². The first-order chi connectivity index (χ1) is 10.8. The maximum absolute atomic E-state index is 12.0. The van der Waals surface area contributed by atoms with Gasteiger partial charge in [-0.15, -0.1) is 0 Å². The summed E-state index contributed by atoms with van der Waals surface area (Å²) >= 11 is 0. The molecule has 0 fully saturated rings. The molecule has 0 aliphatic carbocycles. The third-order valence-electron chi connectivity index (χ3n) is 3.39. The van der Waals surface area contributed by atoms with Crippen molar-refractivity contribution in [2.24, 2.45) is 0 Å². The van der Waals surface area contributed by atoms with Crippen LogP contribution in [-0.2, 0) is 9.47 Å². The number of methoxy groups -OCH3 is 1. The minimum Gasteiger partial charge on any atom is -0.464 e. The van der Waals surface area contributed by atoms with E-state index in [2.05, 4.69) is 9.72 Å². The second kappa shape index (κ2) is 6.81. The van der Waals surface area contributed by atoms with Gasteiger partial charge in [-0.05, 0) is 44.4 Å². The summed E-state index contributed by atoms with van der Waals surface area (Å²) in [6.07, 6.45) is 4.06. The minimum absolute atomic E-state index is 0.281. The fourth-order valence-corrected chi connectivity index (χ4v) is 2.23. The van der Waals surface area contributed by atoms with Crippen molar-refractivity contribution in [3.8, 4) is 0 Å². The molecule has 0 spiro atoms. The van der Waals surface area contributed by atoms with Gasteiger partial charge in [-0.3, -0.25) is 0 Å². The van der Waals surface area contributed by atoms with E-state index >= 15 is 0 Å². The van der Waals surface area contributed by atoms with E-state index in [0.29, 0.717) is 13.1 Å². The van der Waals surface area contributed by atoms with E-state index in [1.54, 1.807) is 17.2 Å². The van der Waals surface area contributed by atoms with E-state index in [-0.39, 0.29) is 11.8 Å². The second-order valence-electron chi connectivity index (χ2n) is 6.33. The van der Waals surface area contributed by atoms with Crippen LogP contribution in [0.15, 0.2) is 24.4 Å². The highest BCUT2D eigenvalue weighted by atomic mass is 16.6. The summed E-state index contributed by atoms with van der Waals surface area (Å²) < 4.78 is 9.99. The highest BCUT2D eigenvalue weighted by molar-refractivity contribution is 5.87. The Balaban J connectivity index is 2.01. The van der Waals surface area contributed by atoms with Crippen LogP contribution in [0.3, 0.4) is 0 Å². The molecule has 1 aromatic heterocycles. The van der Waals surface area contributed by atoms with Crippen molar-refractivity contribution in [1.82, 2.24) is 9.88 Å². The molecule has 0 bridgehead atoms. The van der Waals surface area contributed by atoms with E-state index in [1.807, 2.05) is 32.9 Å². The Morgan fingerprint density at radius 3 is 2.48 bits per heavy atom. The highest BCUT2D eigenvalue weighted by Crippen LogP contribution is 2.23. The lowest BCUT2D eigenvalue weighted by Crippen LogP contribution is -2.39. The summed E-state index contributed by atoms with van der Waals surface area (Å²) in [4.78, 5) is 29.2. The van der Waals surface area contributed by atoms with Gasteiger partial charge in [-0.25, -0.2) is 14.6 Å². The lowest BCUT2D eigenvalue weighted by molar-refractivity contribution is 0.0270. The molecule has 0 N–H and O–H groups in total. The number of carbonyl (C=O) groups is 2. The zero-order chi connectivity index (χ0) is 17.0. The predicted molar refractivity (Wildman–Crippen MR) is 86.0 cm³/mol. The quantitative estimate of drug-likeness (QED) is 0.784. The average molecular weight is 318 g/mol. The Hall–Kier alpha value is -2.37. The van der Waals surface area contributed by atoms with Gasteiger partial charge >= 0.3 is 12.1 Å². The summed E-state index contributed by atoms with van der Waals surface area (Å²) in [6, 6.07) is 3.48. The van der Waals surface area contributed by atoms with Crippen molar-refractivity contribution in [2.45, 2.75) is 32.8 Å². The van der Waals surface area contributed by atoms with Crippen LogP contribution in [0, 0.1) is 0 Å². The fraction of sp³-hybridized carbons (Fsp3) is 0.471. The topological polar surface area (TPSA) is 68.7 Å². The molecule has 0 saturated heterocycles. The van der Waals surface area contributed by atoms with Crippen molar-refractivity contribution in [1.29, 1.82) is 0 Å². The molecule has 2 heterocycles. The predicted octanol–water partition coefficient (Wildman–Crippen LogP) is 2.89. The van der Waals surface area contributed by atoms with Crippen molar-refractivity contribution >= 4 is 17.6 Å². The van der Waals surface area contributed by atoms with Gasteiger partial charge in [0.15, 0.2) is 0 Å². The molecule has 0 aromatic carbocycles. The SMILES string of the molecule is COC(=O)c1ccc(C2=CCN(C(=O)OC(C)(C)C)CC2)cn1. The number of hydrogen-bond acceptors (Lipinski definition) is 5. The number of amides is 1. The lowest BCUT2D eigenvalue weighted by Gasteiger charge is -2.29. The maximum atomic E-state index is 12.0. The van der Waals surface area contributed by atoms with Gasteiger partial charge in [0, 0.05) is 19.3 Å². The van der Waals surface area contributed by atoms with E-state index in [9.17, 15) is 9.59 Å². The number of esters is 1. The number of rotatable bonds is 2. The maximum Gasteiger partial charge on any atom is 0.410 e. The first-order valence-electron chi connectivity index (χ1n) is 7.52. The number of nitrogens with zero attached hydrogens (tertiary/aromatic N) is 2. The van der Waals surface area contributed by atoms with E-state index in [0.717, 1.165) is 17.6 Å². The van der Waals surface area contributed by atoms with Gasteiger partial charge in [0.1, 0.15) is 11.3 Å². The summed E-state index contributed by atoms with van der Waals surface area (Å²) in [7, 11) is 1.33. The summed E-state index contributed by atoms with van der Waals surface area (Å²) in [5, 5.41) is 0. The van der Waals surface area contributed by atoms with Crippen molar-refractivity contribution < 1.29 is 19.1 Å². The van der Waals surface area contributed by atoms with Crippen molar-refractivity contribution in [3.63, 3.8) is 0 Å². The van der Waals surface area contributed by atoms with Crippen LogP contribution in [0.5, 0.6) is 0 Å². The van der Waals surface area contributed by atoms with E-state index in [4.69, 9.17) is 4.74 Å². The fourth-order valence-electron chi connectivity index (χ4n) is 2.23. The third-order valence-corrected chi connectivity index (χ3v) is 3.39.